The van der Waals surface area contributed by atoms with E-state index in [4.69, 9.17) is 4.74 Å². The first-order valence-corrected chi connectivity index (χ1v) is 11.7. The van der Waals surface area contributed by atoms with E-state index in [1.807, 2.05) is 18.2 Å². The molecule has 2 heterocycles. The third kappa shape index (κ3) is 5.54. The van der Waals surface area contributed by atoms with Crippen LogP contribution in [0.1, 0.15) is 35.4 Å². The number of amides is 1. The fourth-order valence-corrected chi connectivity index (χ4v) is 4.43. The zero-order chi connectivity index (χ0) is 21.6. The summed E-state index contributed by atoms with van der Waals surface area (Å²) < 4.78 is 7.64. The van der Waals surface area contributed by atoms with Crippen molar-refractivity contribution in [1.29, 1.82) is 0 Å². The van der Waals surface area contributed by atoms with Crippen molar-refractivity contribution >= 4 is 17.7 Å². The van der Waals surface area contributed by atoms with Crippen molar-refractivity contribution in [2.75, 3.05) is 18.9 Å². The van der Waals surface area contributed by atoms with Crippen LogP contribution in [0, 0.1) is 13.8 Å². The summed E-state index contributed by atoms with van der Waals surface area (Å²) in [5.41, 5.74) is 4.64. The number of rotatable bonds is 8. The standard InChI is InChI=1S/C24H28N4O2S/c1-17-10-11-20(13-18(17)2)28-22(14-19-7-4-3-5-8-19)26-27-24(28)31-16-23(29)25-15-21-9-6-12-30-21/h3-5,7-8,10-11,13,21H,6,9,12,14-16H2,1-2H3,(H,25,29)/t21-/m0/s1. The highest BCUT2D eigenvalue weighted by molar-refractivity contribution is 7.99. The lowest BCUT2D eigenvalue weighted by atomic mass is 10.1. The van der Waals surface area contributed by atoms with Gasteiger partial charge in [0.1, 0.15) is 5.82 Å². The number of nitrogens with one attached hydrogen (secondary N) is 1. The highest BCUT2D eigenvalue weighted by Gasteiger charge is 2.19. The SMILES string of the molecule is Cc1ccc(-n2c(Cc3ccccc3)nnc2SCC(=O)NC[C@@H]2CCCO2)cc1C. The molecule has 1 atom stereocenters. The van der Waals surface area contributed by atoms with Crippen molar-refractivity contribution in [3.8, 4) is 5.69 Å². The monoisotopic (exact) mass is 436 g/mol. The Balaban J connectivity index is 1.52. The molecule has 0 spiro atoms. The molecule has 0 bridgehead atoms. The molecule has 7 heteroatoms. The minimum atomic E-state index is -0.0141. The van der Waals surface area contributed by atoms with Gasteiger partial charge in [0.25, 0.3) is 0 Å². The molecule has 4 rings (SSSR count). The molecule has 1 aliphatic heterocycles. The van der Waals surface area contributed by atoms with Gasteiger partial charge in [-0.3, -0.25) is 9.36 Å². The van der Waals surface area contributed by atoms with Gasteiger partial charge >= 0.3 is 0 Å². The summed E-state index contributed by atoms with van der Waals surface area (Å²) in [5, 5.41) is 12.6. The molecule has 162 valence electrons. The minimum Gasteiger partial charge on any atom is -0.376 e. The van der Waals surface area contributed by atoms with Crippen LogP contribution in [0.5, 0.6) is 0 Å². The Morgan fingerprint density at radius 2 is 2.00 bits per heavy atom. The molecule has 0 unspecified atom stereocenters. The topological polar surface area (TPSA) is 69.0 Å². The van der Waals surface area contributed by atoms with Gasteiger partial charge in [0, 0.05) is 25.3 Å². The van der Waals surface area contributed by atoms with Crippen LogP contribution in [0.25, 0.3) is 5.69 Å². The number of benzene rings is 2. The lowest BCUT2D eigenvalue weighted by molar-refractivity contribution is -0.119. The summed E-state index contributed by atoms with van der Waals surface area (Å²) in [6.07, 6.45) is 2.90. The highest BCUT2D eigenvalue weighted by Crippen LogP contribution is 2.25. The van der Waals surface area contributed by atoms with Crippen LogP contribution in [-0.2, 0) is 16.0 Å². The molecule has 31 heavy (non-hydrogen) atoms. The van der Waals surface area contributed by atoms with Crippen LogP contribution in [0.15, 0.2) is 53.7 Å². The van der Waals surface area contributed by atoms with Crippen LogP contribution in [0.2, 0.25) is 0 Å². The number of aromatic nitrogens is 3. The normalized spacial score (nSPS) is 15.9. The summed E-state index contributed by atoms with van der Waals surface area (Å²) in [6.45, 7) is 5.57. The van der Waals surface area contributed by atoms with E-state index in [2.05, 4.69) is 64.3 Å². The summed E-state index contributed by atoms with van der Waals surface area (Å²) in [7, 11) is 0. The van der Waals surface area contributed by atoms with Crippen molar-refractivity contribution in [3.63, 3.8) is 0 Å². The highest BCUT2D eigenvalue weighted by atomic mass is 32.2. The van der Waals surface area contributed by atoms with E-state index in [1.54, 1.807) is 0 Å². The van der Waals surface area contributed by atoms with E-state index in [1.165, 1.54) is 28.5 Å². The van der Waals surface area contributed by atoms with E-state index in [9.17, 15) is 4.79 Å². The number of nitrogens with zero attached hydrogens (tertiary/aromatic N) is 3. The van der Waals surface area contributed by atoms with Crippen LogP contribution >= 0.6 is 11.8 Å². The average molecular weight is 437 g/mol. The minimum absolute atomic E-state index is 0.0141. The molecule has 2 aromatic carbocycles. The average Bonchev–Trinajstić information content (AvgIpc) is 3.43. The number of hydrogen-bond acceptors (Lipinski definition) is 5. The fourth-order valence-electron chi connectivity index (χ4n) is 3.62. The summed E-state index contributed by atoms with van der Waals surface area (Å²) >= 11 is 1.41. The first-order chi connectivity index (χ1) is 15.1. The fraction of sp³-hybridized carbons (Fsp3) is 0.375. The number of thioether (sulfide) groups is 1. The molecule has 1 saturated heterocycles. The molecule has 1 aromatic heterocycles. The Hall–Kier alpha value is -2.64. The van der Waals surface area contributed by atoms with Gasteiger partial charge < -0.3 is 10.1 Å². The summed E-state index contributed by atoms with van der Waals surface area (Å²) in [6, 6.07) is 16.6. The maximum absolute atomic E-state index is 12.4. The molecule has 1 amide bonds. The van der Waals surface area contributed by atoms with E-state index >= 15 is 0 Å². The number of ether oxygens (including phenoxy) is 1. The van der Waals surface area contributed by atoms with E-state index < -0.39 is 0 Å². The number of aryl methyl sites for hydroxylation is 2. The van der Waals surface area contributed by atoms with Gasteiger partial charge in [-0.05, 0) is 55.5 Å². The summed E-state index contributed by atoms with van der Waals surface area (Å²) in [5.74, 6) is 1.14. The number of carbonyl (C=O) groups is 1. The molecule has 0 aliphatic carbocycles. The molecule has 6 nitrogen and oxygen atoms in total. The lowest BCUT2D eigenvalue weighted by Gasteiger charge is -2.13. The maximum atomic E-state index is 12.4. The van der Waals surface area contributed by atoms with E-state index in [0.717, 1.165) is 36.1 Å². The molecule has 0 saturated carbocycles. The second kappa shape index (κ2) is 10.1. The Kier molecular flexibility index (Phi) is 7.04. The third-order valence-corrected chi connectivity index (χ3v) is 6.47. The second-order valence-electron chi connectivity index (χ2n) is 7.89. The molecule has 3 aromatic rings. The second-order valence-corrected chi connectivity index (χ2v) is 8.84. The molecular formula is C24H28N4O2S. The van der Waals surface area contributed by atoms with E-state index in [-0.39, 0.29) is 12.0 Å². The van der Waals surface area contributed by atoms with Crippen molar-refractivity contribution in [2.24, 2.45) is 0 Å². The van der Waals surface area contributed by atoms with Crippen LogP contribution in [-0.4, -0.2) is 45.7 Å². The quantitative estimate of drug-likeness (QED) is 0.543. The van der Waals surface area contributed by atoms with Gasteiger partial charge in [-0.2, -0.15) is 0 Å². The Morgan fingerprint density at radius 3 is 2.74 bits per heavy atom. The number of hydrogen-bond donors (Lipinski definition) is 1. The maximum Gasteiger partial charge on any atom is 0.230 e. The predicted molar refractivity (Wildman–Crippen MR) is 123 cm³/mol. The smallest absolute Gasteiger partial charge is 0.230 e. The van der Waals surface area contributed by atoms with E-state index in [0.29, 0.717) is 18.7 Å². The predicted octanol–water partition coefficient (Wildman–Crippen LogP) is 3.86. The first-order valence-electron chi connectivity index (χ1n) is 10.7. The Bertz CT molecular complexity index is 1030. The molecule has 1 aliphatic rings. The van der Waals surface area contributed by atoms with Gasteiger partial charge in [0.15, 0.2) is 5.16 Å². The first kappa shape index (κ1) is 21.6. The van der Waals surface area contributed by atoms with Crippen molar-refractivity contribution in [1.82, 2.24) is 20.1 Å². The molecular weight excluding hydrogens is 408 g/mol. The van der Waals surface area contributed by atoms with Gasteiger partial charge in [-0.15, -0.1) is 10.2 Å². The van der Waals surface area contributed by atoms with Crippen LogP contribution in [0.3, 0.4) is 0 Å². The molecule has 1 fully saturated rings. The van der Waals surface area contributed by atoms with Gasteiger partial charge in [-0.1, -0.05) is 48.2 Å². The van der Waals surface area contributed by atoms with Crippen LogP contribution < -0.4 is 5.32 Å². The van der Waals surface area contributed by atoms with Gasteiger partial charge in [0.05, 0.1) is 11.9 Å². The molecule has 0 radical (unpaired) electrons. The third-order valence-electron chi connectivity index (χ3n) is 5.54. The van der Waals surface area contributed by atoms with Crippen molar-refractivity contribution in [2.45, 2.75) is 44.4 Å². The number of carbonyl (C=O) groups excluding carboxylic acids is 1. The Labute approximate surface area is 187 Å². The zero-order valence-electron chi connectivity index (χ0n) is 18.0. The lowest BCUT2D eigenvalue weighted by Crippen LogP contribution is -2.32. The molecule has 1 N–H and O–H groups in total. The summed E-state index contributed by atoms with van der Waals surface area (Å²) in [4.78, 5) is 12.4. The van der Waals surface area contributed by atoms with Gasteiger partial charge in [-0.25, -0.2) is 0 Å². The zero-order valence-corrected chi connectivity index (χ0v) is 18.8. The van der Waals surface area contributed by atoms with Crippen LogP contribution in [0.4, 0.5) is 0 Å². The van der Waals surface area contributed by atoms with Crippen molar-refractivity contribution in [3.05, 3.63) is 71.0 Å². The largest absolute Gasteiger partial charge is 0.376 e. The Morgan fingerprint density at radius 1 is 1.16 bits per heavy atom. The van der Waals surface area contributed by atoms with Crippen molar-refractivity contribution < 1.29 is 9.53 Å². The van der Waals surface area contributed by atoms with Gasteiger partial charge in [0.2, 0.25) is 5.91 Å².